The van der Waals surface area contributed by atoms with Crippen molar-refractivity contribution in [3.63, 3.8) is 0 Å². The van der Waals surface area contributed by atoms with Gasteiger partial charge in [-0.05, 0) is 50.5 Å². The number of hydrogen-bond acceptors (Lipinski definition) is 4. The summed E-state index contributed by atoms with van der Waals surface area (Å²) in [6.45, 7) is 10.2. The molecule has 2 aromatic carbocycles. The van der Waals surface area contributed by atoms with Crippen LogP contribution < -0.4 is 10.2 Å². The predicted molar refractivity (Wildman–Crippen MR) is 109 cm³/mol. The minimum absolute atomic E-state index is 0.629. The van der Waals surface area contributed by atoms with Gasteiger partial charge in [0, 0.05) is 25.0 Å². The summed E-state index contributed by atoms with van der Waals surface area (Å²) in [6.07, 6.45) is 1.82. The van der Waals surface area contributed by atoms with Crippen LogP contribution in [0.5, 0.6) is 0 Å². The van der Waals surface area contributed by atoms with Gasteiger partial charge in [-0.2, -0.15) is 4.98 Å². The number of benzene rings is 2. The summed E-state index contributed by atoms with van der Waals surface area (Å²) in [5.74, 6) is 1.56. The summed E-state index contributed by atoms with van der Waals surface area (Å²) in [4.78, 5) is 11.4. The van der Waals surface area contributed by atoms with Crippen molar-refractivity contribution < 1.29 is 0 Å². The molecule has 0 saturated carbocycles. The zero-order valence-electron chi connectivity index (χ0n) is 16.0. The van der Waals surface area contributed by atoms with E-state index in [0.717, 1.165) is 24.6 Å². The van der Waals surface area contributed by atoms with Gasteiger partial charge in [-0.25, -0.2) is 4.98 Å². The van der Waals surface area contributed by atoms with Crippen molar-refractivity contribution >= 4 is 17.5 Å². The standard InChI is InChI=1S/C22H26N4/c1-5-26(15-19-9-7-6-8-10-19)20-11-12-23-22(24-20)25-21-17(3)13-16(2)14-18(21)4/h6-14H,5,15H2,1-4H3,(H,23,24,25). The molecule has 1 N–H and O–H groups in total. The van der Waals surface area contributed by atoms with Gasteiger partial charge < -0.3 is 10.2 Å². The van der Waals surface area contributed by atoms with Gasteiger partial charge in [-0.1, -0.05) is 48.0 Å². The maximum absolute atomic E-state index is 4.74. The SMILES string of the molecule is CCN(Cc1ccccc1)c1ccnc(Nc2c(C)cc(C)cc2C)n1. The van der Waals surface area contributed by atoms with E-state index in [1.165, 1.54) is 22.3 Å². The van der Waals surface area contributed by atoms with Gasteiger partial charge in [0.15, 0.2) is 0 Å². The molecule has 3 aromatic rings. The smallest absolute Gasteiger partial charge is 0.229 e. The zero-order valence-corrected chi connectivity index (χ0v) is 16.0. The lowest BCUT2D eigenvalue weighted by atomic mass is 10.1. The van der Waals surface area contributed by atoms with Crippen LogP contribution in [0, 0.1) is 20.8 Å². The van der Waals surface area contributed by atoms with Gasteiger partial charge in [0.2, 0.25) is 5.95 Å². The number of anilines is 3. The molecule has 3 rings (SSSR count). The average Bonchev–Trinajstić information content (AvgIpc) is 2.64. The lowest BCUT2D eigenvalue weighted by Crippen LogP contribution is -2.23. The number of hydrogen-bond donors (Lipinski definition) is 1. The van der Waals surface area contributed by atoms with Gasteiger partial charge in [-0.15, -0.1) is 0 Å². The largest absolute Gasteiger partial charge is 0.352 e. The second kappa shape index (κ2) is 8.00. The van der Waals surface area contributed by atoms with Gasteiger partial charge in [0.25, 0.3) is 0 Å². The molecule has 0 saturated heterocycles. The van der Waals surface area contributed by atoms with Crippen molar-refractivity contribution in [2.75, 3.05) is 16.8 Å². The Bertz CT molecular complexity index is 851. The minimum Gasteiger partial charge on any atom is -0.352 e. The molecule has 134 valence electrons. The predicted octanol–water partition coefficient (Wildman–Crippen LogP) is 5.17. The highest BCUT2D eigenvalue weighted by Gasteiger charge is 2.10. The van der Waals surface area contributed by atoms with Crippen molar-refractivity contribution in [2.24, 2.45) is 0 Å². The average molecular weight is 346 g/mol. The third-order valence-corrected chi connectivity index (χ3v) is 4.48. The molecule has 0 aliphatic carbocycles. The topological polar surface area (TPSA) is 41.1 Å². The highest BCUT2D eigenvalue weighted by Crippen LogP contribution is 2.25. The van der Waals surface area contributed by atoms with E-state index < -0.39 is 0 Å². The van der Waals surface area contributed by atoms with E-state index in [0.29, 0.717) is 5.95 Å². The Balaban J connectivity index is 1.83. The van der Waals surface area contributed by atoms with Crippen LogP contribution in [-0.2, 0) is 6.54 Å². The third-order valence-electron chi connectivity index (χ3n) is 4.48. The first-order valence-electron chi connectivity index (χ1n) is 9.03. The Morgan fingerprint density at radius 2 is 1.65 bits per heavy atom. The van der Waals surface area contributed by atoms with Crippen molar-refractivity contribution in [3.05, 3.63) is 77.0 Å². The number of nitrogens with zero attached hydrogens (tertiary/aromatic N) is 3. The molecular formula is C22H26N4. The molecule has 0 radical (unpaired) electrons. The molecule has 4 heteroatoms. The summed E-state index contributed by atoms with van der Waals surface area (Å²) in [5.41, 5.74) is 6.02. The van der Waals surface area contributed by atoms with E-state index in [1.807, 2.05) is 18.3 Å². The molecule has 4 nitrogen and oxygen atoms in total. The lowest BCUT2D eigenvalue weighted by Gasteiger charge is -2.22. The molecule has 0 atom stereocenters. The number of nitrogens with one attached hydrogen (secondary N) is 1. The van der Waals surface area contributed by atoms with Crippen LogP contribution in [0.1, 0.15) is 29.2 Å². The fourth-order valence-electron chi connectivity index (χ4n) is 3.23. The van der Waals surface area contributed by atoms with E-state index in [1.54, 1.807) is 0 Å². The molecule has 0 fully saturated rings. The maximum atomic E-state index is 4.74. The quantitative estimate of drug-likeness (QED) is 0.668. The van der Waals surface area contributed by atoms with Gasteiger partial charge in [0.05, 0.1) is 0 Å². The second-order valence-electron chi connectivity index (χ2n) is 6.64. The van der Waals surface area contributed by atoms with Crippen molar-refractivity contribution in [2.45, 2.75) is 34.2 Å². The van der Waals surface area contributed by atoms with E-state index in [-0.39, 0.29) is 0 Å². The zero-order chi connectivity index (χ0) is 18.5. The molecular weight excluding hydrogens is 320 g/mol. The fourth-order valence-corrected chi connectivity index (χ4v) is 3.23. The Kier molecular flexibility index (Phi) is 5.52. The summed E-state index contributed by atoms with van der Waals surface area (Å²) in [7, 11) is 0. The molecule has 0 aliphatic heterocycles. The van der Waals surface area contributed by atoms with Crippen LogP contribution in [0.25, 0.3) is 0 Å². The highest BCUT2D eigenvalue weighted by molar-refractivity contribution is 5.64. The summed E-state index contributed by atoms with van der Waals surface area (Å²) < 4.78 is 0. The number of aromatic nitrogens is 2. The molecule has 1 aromatic heterocycles. The Morgan fingerprint density at radius 3 is 2.31 bits per heavy atom. The van der Waals surface area contributed by atoms with E-state index in [4.69, 9.17) is 4.98 Å². The first-order valence-corrected chi connectivity index (χ1v) is 9.03. The third kappa shape index (κ3) is 4.20. The summed E-state index contributed by atoms with van der Waals surface area (Å²) in [5, 5.41) is 3.40. The first kappa shape index (κ1) is 17.9. The normalized spacial score (nSPS) is 10.6. The fraction of sp³-hybridized carbons (Fsp3) is 0.273. The van der Waals surface area contributed by atoms with E-state index in [9.17, 15) is 0 Å². The molecule has 0 amide bonds. The molecule has 0 unspecified atom stereocenters. The Hall–Kier alpha value is -2.88. The molecule has 0 aliphatic rings. The van der Waals surface area contributed by atoms with Crippen molar-refractivity contribution in [1.29, 1.82) is 0 Å². The monoisotopic (exact) mass is 346 g/mol. The van der Waals surface area contributed by atoms with Crippen LogP contribution in [0.4, 0.5) is 17.5 Å². The van der Waals surface area contributed by atoms with E-state index in [2.05, 4.69) is 79.3 Å². The van der Waals surface area contributed by atoms with Gasteiger partial charge in [0.1, 0.15) is 5.82 Å². The first-order chi connectivity index (χ1) is 12.6. The highest BCUT2D eigenvalue weighted by atomic mass is 15.2. The molecule has 26 heavy (non-hydrogen) atoms. The number of aryl methyl sites for hydroxylation is 3. The van der Waals surface area contributed by atoms with Crippen LogP contribution in [0.2, 0.25) is 0 Å². The Labute approximate surface area is 155 Å². The Morgan fingerprint density at radius 1 is 0.962 bits per heavy atom. The maximum Gasteiger partial charge on any atom is 0.229 e. The van der Waals surface area contributed by atoms with Gasteiger partial charge >= 0.3 is 0 Å². The van der Waals surface area contributed by atoms with Crippen LogP contribution in [-0.4, -0.2) is 16.5 Å². The molecule has 0 bridgehead atoms. The van der Waals surface area contributed by atoms with Crippen molar-refractivity contribution in [1.82, 2.24) is 9.97 Å². The van der Waals surface area contributed by atoms with Crippen LogP contribution in [0.15, 0.2) is 54.7 Å². The van der Waals surface area contributed by atoms with Crippen LogP contribution in [0.3, 0.4) is 0 Å². The molecule has 1 heterocycles. The van der Waals surface area contributed by atoms with Crippen LogP contribution >= 0.6 is 0 Å². The second-order valence-corrected chi connectivity index (χ2v) is 6.64. The minimum atomic E-state index is 0.629. The lowest BCUT2D eigenvalue weighted by molar-refractivity contribution is 0.811. The number of rotatable bonds is 6. The van der Waals surface area contributed by atoms with Crippen molar-refractivity contribution in [3.8, 4) is 0 Å². The van der Waals surface area contributed by atoms with Gasteiger partial charge in [-0.3, -0.25) is 0 Å². The molecule has 0 spiro atoms. The van der Waals surface area contributed by atoms with E-state index >= 15 is 0 Å². The summed E-state index contributed by atoms with van der Waals surface area (Å²) in [6, 6.07) is 16.8. The summed E-state index contributed by atoms with van der Waals surface area (Å²) >= 11 is 0.